The summed E-state index contributed by atoms with van der Waals surface area (Å²) in [5.74, 6) is -3.04. The standard InChI is InChI=1S/C21H22F2N2O7S/c1-5-30-20(29)15-11(2)16(18(27)25(3)4)33-17(15)24-14(26)10-31-19(28)12-7-6-8-13(9-12)32-21(22)23/h6-9,21H,5,10H2,1-4H3,(H,24,26). The number of amides is 2. The van der Waals surface area contributed by atoms with Gasteiger partial charge in [-0.2, -0.15) is 8.78 Å². The minimum Gasteiger partial charge on any atom is -0.462 e. The van der Waals surface area contributed by atoms with Crippen LogP contribution in [-0.4, -0.2) is 62.6 Å². The van der Waals surface area contributed by atoms with Crippen molar-refractivity contribution in [3.8, 4) is 5.75 Å². The summed E-state index contributed by atoms with van der Waals surface area (Å²) in [6.07, 6.45) is 0. The Hall–Kier alpha value is -3.54. The zero-order chi connectivity index (χ0) is 24.7. The number of ether oxygens (including phenoxy) is 3. The van der Waals surface area contributed by atoms with E-state index in [0.29, 0.717) is 5.56 Å². The number of hydrogen-bond donors (Lipinski definition) is 1. The van der Waals surface area contributed by atoms with E-state index in [1.807, 2.05) is 0 Å². The van der Waals surface area contributed by atoms with Gasteiger partial charge in [0, 0.05) is 14.1 Å². The van der Waals surface area contributed by atoms with Crippen molar-refractivity contribution in [3.05, 3.63) is 45.8 Å². The fraction of sp³-hybridized carbons (Fsp3) is 0.333. The predicted molar refractivity (Wildman–Crippen MR) is 115 cm³/mol. The average Bonchev–Trinajstić information content (AvgIpc) is 3.06. The van der Waals surface area contributed by atoms with Gasteiger partial charge in [0.25, 0.3) is 11.8 Å². The third kappa shape index (κ3) is 6.72. The third-order valence-electron chi connectivity index (χ3n) is 4.11. The molecule has 0 aliphatic carbocycles. The molecular formula is C21H22F2N2O7S. The molecule has 0 aliphatic rings. The van der Waals surface area contributed by atoms with Crippen LogP contribution in [0.4, 0.5) is 13.8 Å². The van der Waals surface area contributed by atoms with Gasteiger partial charge in [0.05, 0.1) is 22.6 Å². The first-order valence-corrected chi connectivity index (χ1v) is 10.4. The zero-order valence-electron chi connectivity index (χ0n) is 18.3. The van der Waals surface area contributed by atoms with Crippen LogP contribution in [0, 0.1) is 6.92 Å². The number of carbonyl (C=O) groups is 4. The van der Waals surface area contributed by atoms with E-state index in [-0.39, 0.29) is 39.3 Å². The number of halogens is 2. The fourth-order valence-electron chi connectivity index (χ4n) is 2.63. The second-order valence-corrected chi connectivity index (χ2v) is 7.73. The first-order chi connectivity index (χ1) is 15.5. The van der Waals surface area contributed by atoms with Gasteiger partial charge in [-0.3, -0.25) is 9.59 Å². The van der Waals surface area contributed by atoms with Crippen LogP contribution in [0.2, 0.25) is 0 Å². The molecule has 12 heteroatoms. The Morgan fingerprint density at radius 1 is 1.12 bits per heavy atom. The lowest BCUT2D eigenvalue weighted by Gasteiger charge is -2.09. The minimum atomic E-state index is -3.06. The summed E-state index contributed by atoms with van der Waals surface area (Å²) in [5.41, 5.74) is 0.280. The van der Waals surface area contributed by atoms with Crippen LogP contribution in [-0.2, 0) is 14.3 Å². The summed E-state index contributed by atoms with van der Waals surface area (Å²) in [4.78, 5) is 50.9. The Morgan fingerprint density at radius 3 is 2.42 bits per heavy atom. The Bertz CT molecular complexity index is 1050. The van der Waals surface area contributed by atoms with E-state index in [0.717, 1.165) is 17.4 Å². The molecule has 1 N–H and O–H groups in total. The first-order valence-electron chi connectivity index (χ1n) is 9.59. The van der Waals surface area contributed by atoms with Gasteiger partial charge in [0.2, 0.25) is 0 Å². The third-order valence-corrected chi connectivity index (χ3v) is 5.30. The topological polar surface area (TPSA) is 111 Å². The average molecular weight is 484 g/mol. The Labute approximate surface area is 192 Å². The van der Waals surface area contributed by atoms with Crippen molar-refractivity contribution < 1.29 is 42.2 Å². The second kappa shape index (κ2) is 11.4. The Kier molecular flexibility index (Phi) is 8.85. The summed E-state index contributed by atoms with van der Waals surface area (Å²) >= 11 is 0.891. The number of hydrogen-bond acceptors (Lipinski definition) is 8. The van der Waals surface area contributed by atoms with Crippen LogP contribution in [0.25, 0.3) is 0 Å². The molecule has 0 atom stereocenters. The SMILES string of the molecule is CCOC(=O)c1c(NC(=O)COC(=O)c2cccc(OC(F)F)c2)sc(C(=O)N(C)C)c1C. The molecule has 0 unspecified atom stereocenters. The molecule has 0 bridgehead atoms. The van der Waals surface area contributed by atoms with Crippen LogP contribution >= 0.6 is 11.3 Å². The Morgan fingerprint density at radius 2 is 1.82 bits per heavy atom. The predicted octanol–water partition coefficient (Wildman–Crippen LogP) is 3.33. The lowest BCUT2D eigenvalue weighted by molar-refractivity contribution is -0.119. The smallest absolute Gasteiger partial charge is 0.387 e. The van der Waals surface area contributed by atoms with E-state index in [1.54, 1.807) is 27.9 Å². The number of anilines is 1. The van der Waals surface area contributed by atoms with Gasteiger partial charge in [-0.05, 0) is 37.6 Å². The van der Waals surface area contributed by atoms with E-state index in [4.69, 9.17) is 9.47 Å². The molecule has 0 fully saturated rings. The number of carbonyl (C=O) groups excluding carboxylic acids is 4. The molecule has 2 aromatic rings. The van der Waals surface area contributed by atoms with E-state index >= 15 is 0 Å². The van der Waals surface area contributed by atoms with Crippen LogP contribution in [0.3, 0.4) is 0 Å². The van der Waals surface area contributed by atoms with E-state index < -0.39 is 31.1 Å². The maximum absolute atomic E-state index is 12.4. The molecule has 33 heavy (non-hydrogen) atoms. The summed E-state index contributed by atoms with van der Waals surface area (Å²) in [6.45, 7) is -0.526. The molecule has 1 aromatic carbocycles. The molecule has 0 radical (unpaired) electrons. The molecule has 0 saturated carbocycles. The highest BCUT2D eigenvalue weighted by molar-refractivity contribution is 7.18. The lowest BCUT2D eigenvalue weighted by Crippen LogP contribution is -2.22. The Balaban J connectivity index is 2.14. The van der Waals surface area contributed by atoms with Crippen molar-refractivity contribution in [2.24, 2.45) is 0 Å². The molecule has 1 aromatic heterocycles. The van der Waals surface area contributed by atoms with Crippen molar-refractivity contribution in [3.63, 3.8) is 0 Å². The first kappa shape index (κ1) is 25.7. The number of esters is 2. The van der Waals surface area contributed by atoms with Crippen molar-refractivity contribution in [1.29, 1.82) is 0 Å². The lowest BCUT2D eigenvalue weighted by atomic mass is 10.1. The van der Waals surface area contributed by atoms with Gasteiger partial charge in [-0.1, -0.05) is 6.07 Å². The highest BCUT2D eigenvalue weighted by atomic mass is 32.1. The number of nitrogens with zero attached hydrogens (tertiary/aromatic N) is 1. The van der Waals surface area contributed by atoms with Gasteiger partial charge < -0.3 is 24.4 Å². The molecule has 2 rings (SSSR count). The van der Waals surface area contributed by atoms with Crippen LogP contribution < -0.4 is 10.1 Å². The highest BCUT2D eigenvalue weighted by Crippen LogP contribution is 2.34. The van der Waals surface area contributed by atoms with Gasteiger partial charge in [-0.25, -0.2) is 9.59 Å². The number of alkyl halides is 2. The molecule has 0 saturated heterocycles. The van der Waals surface area contributed by atoms with Gasteiger partial charge in [0.15, 0.2) is 6.61 Å². The molecule has 0 aliphatic heterocycles. The molecule has 1 heterocycles. The van der Waals surface area contributed by atoms with Crippen molar-refractivity contribution >= 4 is 40.1 Å². The molecule has 0 spiro atoms. The molecule has 9 nitrogen and oxygen atoms in total. The van der Waals surface area contributed by atoms with Gasteiger partial charge in [0.1, 0.15) is 10.8 Å². The van der Waals surface area contributed by atoms with Crippen LogP contribution in [0.5, 0.6) is 5.75 Å². The largest absolute Gasteiger partial charge is 0.462 e. The number of thiophene rings is 1. The van der Waals surface area contributed by atoms with Crippen molar-refractivity contribution in [2.75, 3.05) is 32.6 Å². The zero-order valence-corrected chi connectivity index (χ0v) is 19.1. The van der Waals surface area contributed by atoms with Gasteiger partial charge in [-0.15, -0.1) is 11.3 Å². The summed E-state index contributed by atoms with van der Waals surface area (Å²) in [6, 6.07) is 4.90. The number of benzene rings is 1. The molecule has 178 valence electrons. The van der Waals surface area contributed by atoms with E-state index in [2.05, 4.69) is 10.1 Å². The number of nitrogens with one attached hydrogen (secondary N) is 1. The normalized spacial score (nSPS) is 10.5. The summed E-state index contributed by atoms with van der Waals surface area (Å²) in [7, 11) is 3.09. The maximum Gasteiger partial charge on any atom is 0.387 e. The van der Waals surface area contributed by atoms with E-state index in [9.17, 15) is 28.0 Å². The quantitative estimate of drug-likeness (QED) is 0.544. The second-order valence-electron chi connectivity index (χ2n) is 6.71. The summed E-state index contributed by atoms with van der Waals surface area (Å²) in [5, 5.41) is 2.53. The monoisotopic (exact) mass is 484 g/mol. The summed E-state index contributed by atoms with van der Waals surface area (Å²) < 4.78 is 38.8. The number of rotatable bonds is 9. The van der Waals surface area contributed by atoms with Crippen molar-refractivity contribution in [2.45, 2.75) is 20.5 Å². The van der Waals surface area contributed by atoms with Crippen LogP contribution in [0.1, 0.15) is 42.9 Å². The van der Waals surface area contributed by atoms with Crippen molar-refractivity contribution in [1.82, 2.24) is 4.90 Å². The van der Waals surface area contributed by atoms with Crippen LogP contribution in [0.15, 0.2) is 24.3 Å². The molecule has 2 amide bonds. The van der Waals surface area contributed by atoms with Gasteiger partial charge >= 0.3 is 18.6 Å². The fourth-order valence-corrected chi connectivity index (χ4v) is 3.87. The molecular weight excluding hydrogens is 462 g/mol. The maximum atomic E-state index is 12.4. The highest BCUT2D eigenvalue weighted by Gasteiger charge is 2.27. The van der Waals surface area contributed by atoms with E-state index in [1.165, 1.54) is 23.1 Å². The minimum absolute atomic E-state index is 0.0311.